The van der Waals surface area contributed by atoms with E-state index in [9.17, 15) is 24.3 Å². The minimum Gasteiger partial charge on any atom is -0.463 e. The molecule has 0 aromatic rings. The van der Waals surface area contributed by atoms with Gasteiger partial charge in [-0.05, 0) is 75.8 Å². The molecule has 2 amide bonds. The van der Waals surface area contributed by atoms with Crippen LogP contribution < -0.4 is 5.32 Å². The Labute approximate surface area is 244 Å². The Kier molecular flexibility index (Phi) is 9.11. The van der Waals surface area contributed by atoms with Crippen LogP contribution in [-0.2, 0) is 23.9 Å². The van der Waals surface area contributed by atoms with E-state index < -0.39 is 40.5 Å². The Morgan fingerprint density at radius 1 is 1.15 bits per heavy atom. The van der Waals surface area contributed by atoms with E-state index in [1.165, 1.54) is 6.08 Å². The zero-order valence-corrected chi connectivity index (χ0v) is 25.9. The molecule has 41 heavy (non-hydrogen) atoms. The van der Waals surface area contributed by atoms with Gasteiger partial charge < -0.3 is 19.5 Å². The molecule has 1 aliphatic heterocycles. The van der Waals surface area contributed by atoms with Crippen molar-refractivity contribution in [2.75, 3.05) is 26.7 Å². The van der Waals surface area contributed by atoms with Crippen molar-refractivity contribution >= 4 is 23.8 Å². The first kappa shape index (κ1) is 31.7. The number of amides is 2. The molecular weight excluding hydrogens is 524 g/mol. The number of alkyl carbamates (subject to hydrolysis) is 1. The van der Waals surface area contributed by atoms with Gasteiger partial charge in [0, 0.05) is 35.8 Å². The topological polar surface area (TPSA) is 122 Å². The van der Waals surface area contributed by atoms with E-state index >= 15 is 0 Å². The zero-order valence-electron chi connectivity index (χ0n) is 25.9. The fourth-order valence-corrected chi connectivity index (χ4v) is 8.84. The van der Waals surface area contributed by atoms with Crippen LogP contribution in [0, 0.1) is 45.8 Å². The van der Waals surface area contributed by atoms with E-state index in [0.717, 1.165) is 25.8 Å². The van der Waals surface area contributed by atoms with Crippen LogP contribution in [0.5, 0.6) is 0 Å². The van der Waals surface area contributed by atoms with Gasteiger partial charge in [0.05, 0.1) is 18.6 Å². The van der Waals surface area contributed by atoms with Crippen LogP contribution in [0.1, 0.15) is 80.1 Å². The SMILES string of the molecule is CCOC(=O)/C=C/[C@]1(C)C[C@@H](OC(=O)NC(=O)[C@H]2CN(C)CC[C@@H]2C)[C@@]2(C)C3C(=O)CCC3(CC[C@H]2C)[C@@H](C)[C@@H]1O. The quantitative estimate of drug-likeness (QED) is 0.371. The second-order valence-electron chi connectivity index (χ2n) is 14.0. The molecule has 9 heteroatoms. The molecular formula is C32H50N2O7. The van der Waals surface area contributed by atoms with Gasteiger partial charge in [-0.2, -0.15) is 0 Å². The summed E-state index contributed by atoms with van der Waals surface area (Å²) < 4.78 is 11.3. The van der Waals surface area contributed by atoms with Crippen molar-refractivity contribution in [1.82, 2.24) is 10.2 Å². The third-order valence-electron chi connectivity index (χ3n) is 11.7. The smallest absolute Gasteiger partial charge is 0.414 e. The molecule has 9 nitrogen and oxygen atoms in total. The molecule has 1 saturated heterocycles. The fraction of sp³-hybridized carbons (Fsp3) is 0.812. The van der Waals surface area contributed by atoms with Crippen LogP contribution in [0.15, 0.2) is 12.2 Å². The van der Waals surface area contributed by atoms with Crippen molar-refractivity contribution in [3.05, 3.63) is 12.2 Å². The molecule has 4 aliphatic rings. The Bertz CT molecular complexity index is 1080. The Morgan fingerprint density at radius 3 is 2.54 bits per heavy atom. The number of ketones is 1. The van der Waals surface area contributed by atoms with Crippen molar-refractivity contribution in [1.29, 1.82) is 0 Å². The lowest BCUT2D eigenvalue weighted by molar-refractivity contribution is -0.191. The first-order valence-electron chi connectivity index (χ1n) is 15.5. The number of imide groups is 1. The number of carbonyl (C=O) groups excluding carboxylic acids is 4. The monoisotopic (exact) mass is 574 g/mol. The predicted octanol–water partition coefficient (Wildman–Crippen LogP) is 4.12. The lowest BCUT2D eigenvalue weighted by atomic mass is 9.44. The molecule has 0 radical (unpaired) electrons. The highest BCUT2D eigenvalue weighted by atomic mass is 16.6. The van der Waals surface area contributed by atoms with Crippen LogP contribution >= 0.6 is 0 Å². The first-order chi connectivity index (χ1) is 19.2. The minimum absolute atomic E-state index is 0.0592. The molecule has 2 N–H and O–H groups in total. The van der Waals surface area contributed by atoms with Gasteiger partial charge in [-0.15, -0.1) is 0 Å². The van der Waals surface area contributed by atoms with Gasteiger partial charge in [0.2, 0.25) is 5.91 Å². The number of piperidine rings is 1. The second-order valence-corrected chi connectivity index (χ2v) is 14.0. The summed E-state index contributed by atoms with van der Waals surface area (Å²) >= 11 is 0. The first-order valence-corrected chi connectivity index (χ1v) is 15.5. The zero-order chi connectivity index (χ0) is 30.3. The number of hydrogen-bond donors (Lipinski definition) is 2. The number of ether oxygens (including phenoxy) is 2. The molecule has 3 saturated carbocycles. The molecule has 1 heterocycles. The molecule has 3 aliphatic carbocycles. The number of hydrogen-bond acceptors (Lipinski definition) is 8. The molecule has 2 bridgehead atoms. The molecule has 0 spiro atoms. The third kappa shape index (κ3) is 5.61. The number of Topliss-reactive ketones (excluding diaryl/α,β-unsaturated/α-hetero) is 1. The van der Waals surface area contributed by atoms with Crippen LogP contribution in [-0.4, -0.2) is 72.7 Å². The predicted molar refractivity (Wildman–Crippen MR) is 154 cm³/mol. The molecule has 4 fully saturated rings. The van der Waals surface area contributed by atoms with Crippen LogP contribution in [0.3, 0.4) is 0 Å². The molecule has 10 atom stereocenters. The maximum Gasteiger partial charge on any atom is 0.414 e. The van der Waals surface area contributed by atoms with Crippen LogP contribution in [0.2, 0.25) is 0 Å². The van der Waals surface area contributed by atoms with Crippen molar-refractivity contribution in [3.63, 3.8) is 0 Å². The van der Waals surface area contributed by atoms with Gasteiger partial charge in [0.1, 0.15) is 11.9 Å². The number of carbonyl (C=O) groups is 4. The summed E-state index contributed by atoms with van der Waals surface area (Å²) in [6, 6.07) is 0. The minimum atomic E-state index is -0.955. The molecule has 0 aromatic heterocycles. The highest BCUT2D eigenvalue weighted by Crippen LogP contribution is 2.68. The van der Waals surface area contributed by atoms with Crippen molar-refractivity contribution < 1.29 is 33.8 Å². The number of esters is 1. The number of likely N-dealkylation sites (tertiary alicyclic amines) is 1. The molecule has 2 unspecified atom stereocenters. The normalized spacial score (nSPS) is 43.1. The van der Waals surface area contributed by atoms with Gasteiger partial charge in [-0.25, -0.2) is 9.59 Å². The standard InChI is InChI=1S/C32H50N2O7/c1-8-40-25(36)11-13-30(5)17-24(41-29(39)33-28(38)22-18-34(7)16-12-19(22)2)31(6)20(3)9-14-32(21(4)27(30)37)15-10-23(35)26(31)32/h11,13,19-22,24,26-27,37H,8-10,12,14-18H2,1-7H3,(H,33,38,39)/b13-11+/t19-,20+,21-,22-,24+,26?,27-,30+,31-,32?/m0/s1. The third-order valence-corrected chi connectivity index (χ3v) is 11.7. The average Bonchev–Trinajstić information content (AvgIpc) is 3.27. The van der Waals surface area contributed by atoms with E-state index in [1.54, 1.807) is 13.0 Å². The molecule has 4 rings (SSSR count). The number of aliphatic hydroxyl groups excluding tert-OH is 1. The molecule has 230 valence electrons. The van der Waals surface area contributed by atoms with Gasteiger partial charge in [0.25, 0.3) is 0 Å². The Hall–Kier alpha value is -2.26. The number of aliphatic hydroxyl groups is 1. The Morgan fingerprint density at radius 2 is 1.85 bits per heavy atom. The van der Waals surface area contributed by atoms with Crippen LogP contribution in [0.4, 0.5) is 4.79 Å². The van der Waals surface area contributed by atoms with Crippen LogP contribution in [0.25, 0.3) is 0 Å². The largest absolute Gasteiger partial charge is 0.463 e. The van der Waals surface area contributed by atoms with E-state index in [-0.39, 0.29) is 54.3 Å². The van der Waals surface area contributed by atoms with Crippen molar-refractivity contribution in [2.24, 2.45) is 45.8 Å². The fourth-order valence-electron chi connectivity index (χ4n) is 8.84. The Balaban J connectivity index is 1.71. The maximum atomic E-state index is 13.6. The summed E-state index contributed by atoms with van der Waals surface area (Å²) in [6.07, 6.45) is 4.37. The lowest BCUT2D eigenvalue weighted by Crippen LogP contribution is -2.63. The lowest BCUT2D eigenvalue weighted by Gasteiger charge is -2.61. The van der Waals surface area contributed by atoms with Crippen molar-refractivity contribution in [2.45, 2.75) is 92.3 Å². The highest BCUT2D eigenvalue weighted by molar-refractivity contribution is 5.93. The van der Waals surface area contributed by atoms with E-state index in [2.05, 4.69) is 24.1 Å². The van der Waals surface area contributed by atoms with E-state index in [1.807, 2.05) is 27.8 Å². The summed E-state index contributed by atoms with van der Waals surface area (Å²) in [7, 11) is 1.96. The average molecular weight is 575 g/mol. The molecule has 0 aromatic carbocycles. The summed E-state index contributed by atoms with van der Waals surface area (Å²) in [5.74, 6) is -1.42. The summed E-state index contributed by atoms with van der Waals surface area (Å²) in [6.45, 7) is 13.5. The van der Waals surface area contributed by atoms with E-state index in [4.69, 9.17) is 9.47 Å². The van der Waals surface area contributed by atoms with Crippen molar-refractivity contribution in [3.8, 4) is 0 Å². The number of rotatable bonds is 5. The number of nitrogens with zero attached hydrogens (tertiary/aromatic N) is 1. The summed E-state index contributed by atoms with van der Waals surface area (Å²) in [4.78, 5) is 54.7. The van der Waals surface area contributed by atoms with Gasteiger partial charge >= 0.3 is 12.1 Å². The highest BCUT2D eigenvalue weighted by Gasteiger charge is 2.68. The van der Waals surface area contributed by atoms with E-state index in [0.29, 0.717) is 19.4 Å². The van der Waals surface area contributed by atoms with Gasteiger partial charge in [0.15, 0.2) is 0 Å². The van der Waals surface area contributed by atoms with Gasteiger partial charge in [-0.1, -0.05) is 40.7 Å². The maximum absolute atomic E-state index is 13.6. The summed E-state index contributed by atoms with van der Waals surface area (Å²) in [5.41, 5.74) is -2.10. The second kappa shape index (κ2) is 11.8. The van der Waals surface area contributed by atoms with Gasteiger partial charge in [-0.3, -0.25) is 14.9 Å². The number of nitrogens with one attached hydrogen (secondary N) is 1. The summed E-state index contributed by atoms with van der Waals surface area (Å²) in [5, 5.41) is 14.4.